The van der Waals surface area contributed by atoms with Gasteiger partial charge in [-0.2, -0.15) is 0 Å². The van der Waals surface area contributed by atoms with E-state index in [4.69, 9.17) is 10.5 Å². The molecule has 0 aliphatic carbocycles. The van der Waals surface area contributed by atoms with Crippen LogP contribution in [-0.2, 0) is 4.74 Å². The Kier molecular flexibility index (Phi) is 6.39. The number of nitrogens with zero attached hydrogens (tertiary/aromatic N) is 2. The molecule has 0 unspecified atom stereocenters. The second-order valence-electron chi connectivity index (χ2n) is 4.18. The first-order valence-corrected chi connectivity index (χ1v) is 6.29. The molecule has 0 fully saturated rings. The molecule has 0 bridgehead atoms. The summed E-state index contributed by atoms with van der Waals surface area (Å²) in [7, 11) is 1.70. The topological polar surface area (TPSA) is 51.4 Å². The summed E-state index contributed by atoms with van der Waals surface area (Å²) in [6, 6.07) is 4.06. The molecule has 1 aromatic rings. The van der Waals surface area contributed by atoms with Gasteiger partial charge in [0.1, 0.15) is 0 Å². The molecule has 4 nitrogen and oxygen atoms in total. The molecule has 1 atom stereocenters. The predicted molar refractivity (Wildman–Crippen MR) is 75.7 cm³/mol. The average molecular weight is 249 g/mol. The summed E-state index contributed by atoms with van der Waals surface area (Å²) in [6.07, 6.45) is 4.64. The van der Waals surface area contributed by atoms with Crippen LogP contribution in [-0.4, -0.2) is 31.8 Å². The van der Waals surface area contributed by atoms with Crippen LogP contribution < -0.4 is 10.6 Å². The van der Waals surface area contributed by atoms with Crippen molar-refractivity contribution in [3.8, 4) is 0 Å². The van der Waals surface area contributed by atoms with Gasteiger partial charge in [0.2, 0.25) is 0 Å². The minimum absolute atomic E-state index is 0.0193. The summed E-state index contributed by atoms with van der Waals surface area (Å²) >= 11 is 0. The van der Waals surface area contributed by atoms with Gasteiger partial charge in [0.05, 0.1) is 24.2 Å². The Labute approximate surface area is 109 Å². The maximum atomic E-state index is 5.95. The summed E-state index contributed by atoms with van der Waals surface area (Å²) in [5, 5.41) is 0. The van der Waals surface area contributed by atoms with E-state index >= 15 is 0 Å². The lowest BCUT2D eigenvalue weighted by molar-refractivity contribution is 0.206. The number of nitrogens with two attached hydrogens (primary N) is 1. The molecule has 0 saturated heterocycles. The van der Waals surface area contributed by atoms with E-state index in [0.717, 1.165) is 30.9 Å². The predicted octanol–water partition coefficient (Wildman–Crippen LogP) is 2.13. The molecule has 1 heterocycles. The van der Waals surface area contributed by atoms with Crippen LogP contribution in [0.5, 0.6) is 0 Å². The SMILES string of the molecule is C=CCN(CCOC)c1ccc([C@H](N)CC)nc1. The van der Waals surface area contributed by atoms with Gasteiger partial charge in [-0.3, -0.25) is 4.98 Å². The van der Waals surface area contributed by atoms with Crippen LogP contribution in [0, 0.1) is 0 Å². The fraction of sp³-hybridized carbons (Fsp3) is 0.500. The Balaban J connectivity index is 2.76. The van der Waals surface area contributed by atoms with Gasteiger partial charge in [-0.25, -0.2) is 0 Å². The molecule has 100 valence electrons. The minimum atomic E-state index is 0.0193. The van der Waals surface area contributed by atoms with Crippen molar-refractivity contribution in [2.24, 2.45) is 5.73 Å². The van der Waals surface area contributed by atoms with Gasteiger partial charge in [-0.1, -0.05) is 13.0 Å². The molecule has 0 amide bonds. The molecule has 2 N–H and O–H groups in total. The monoisotopic (exact) mass is 249 g/mol. The van der Waals surface area contributed by atoms with Crippen LogP contribution in [0.4, 0.5) is 5.69 Å². The highest BCUT2D eigenvalue weighted by Gasteiger charge is 2.08. The third-order valence-corrected chi connectivity index (χ3v) is 2.87. The van der Waals surface area contributed by atoms with E-state index in [1.54, 1.807) is 7.11 Å². The zero-order chi connectivity index (χ0) is 13.4. The molecule has 18 heavy (non-hydrogen) atoms. The number of hydrogen-bond donors (Lipinski definition) is 1. The Hall–Kier alpha value is -1.39. The lowest BCUT2D eigenvalue weighted by Crippen LogP contribution is -2.27. The number of rotatable bonds is 8. The number of hydrogen-bond acceptors (Lipinski definition) is 4. The largest absolute Gasteiger partial charge is 0.383 e. The highest BCUT2D eigenvalue weighted by molar-refractivity contribution is 5.45. The number of anilines is 1. The molecular formula is C14H23N3O. The van der Waals surface area contributed by atoms with E-state index in [9.17, 15) is 0 Å². The van der Waals surface area contributed by atoms with Gasteiger partial charge in [0.15, 0.2) is 0 Å². The van der Waals surface area contributed by atoms with Crippen molar-refractivity contribution in [2.75, 3.05) is 31.7 Å². The van der Waals surface area contributed by atoms with Crippen LogP contribution in [0.2, 0.25) is 0 Å². The Morgan fingerprint density at radius 1 is 1.56 bits per heavy atom. The summed E-state index contributed by atoms with van der Waals surface area (Å²) in [5.74, 6) is 0. The number of aromatic nitrogens is 1. The second kappa shape index (κ2) is 7.84. The Morgan fingerprint density at radius 3 is 2.83 bits per heavy atom. The minimum Gasteiger partial charge on any atom is -0.383 e. The quantitative estimate of drug-likeness (QED) is 0.717. The standard InChI is InChI=1S/C14H23N3O/c1-4-8-17(9-10-18-3)12-6-7-14(16-11-12)13(15)5-2/h4,6-7,11,13H,1,5,8-10,15H2,2-3H3/t13-/m1/s1. The van der Waals surface area contributed by atoms with E-state index in [-0.39, 0.29) is 6.04 Å². The van der Waals surface area contributed by atoms with Crippen LogP contribution in [0.25, 0.3) is 0 Å². The first-order valence-electron chi connectivity index (χ1n) is 6.29. The fourth-order valence-electron chi connectivity index (χ4n) is 1.70. The van der Waals surface area contributed by atoms with Crippen LogP contribution in [0.3, 0.4) is 0 Å². The van der Waals surface area contributed by atoms with E-state index in [1.165, 1.54) is 0 Å². The van der Waals surface area contributed by atoms with Gasteiger partial charge >= 0.3 is 0 Å². The highest BCUT2D eigenvalue weighted by atomic mass is 16.5. The molecule has 0 spiro atoms. The number of methoxy groups -OCH3 is 1. The summed E-state index contributed by atoms with van der Waals surface area (Å²) < 4.78 is 5.10. The lowest BCUT2D eigenvalue weighted by atomic mass is 10.1. The van der Waals surface area contributed by atoms with Crippen molar-refractivity contribution in [3.63, 3.8) is 0 Å². The van der Waals surface area contributed by atoms with Gasteiger partial charge in [-0.15, -0.1) is 6.58 Å². The van der Waals surface area contributed by atoms with Gasteiger partial charge < -0.3 is 15.4 Å². The Bertz CT molecular complexity index is 351. The van der Waals surface area contributed by atoms with E-state index in [1.807, 2.05) is 18.3 Å². The maximum Gasteiger partial charge on any atom is 0.0637 e. The van der Waals surface area contributed by atoms with E-state index in [0.29, 0.717) is 6.61 Å². The molecule has 0 aliphatic rings. The van der Waals surface area contributed by atoms with Crippen molar-refractivity contribution in [1.29, 1.82) is 0 Å². The third-order valence-electron chi connectivity index (χ3n) is 2.87. The lowest BCUT2D eigenvalue weighted by Gasteiger charge is -2.23. The number of pyridine rings is 1. The van der Waals surface area contributed by atoms with Gasteiger partial charge in [-0.05, 0) is 18.6 Å². The summed E-state index contributed by atoms with van der Waals surface area (Å²) in [4.78, 5) is 6.59. The van der Waals surface area contributed by atoms with E-state index < -0.39 is 0 Å². The van der Waals surface area contributed by atoms with Crippen LogP contribution >= 0.6 is 0 Å². The third kappa shape index (κ3) is 4.13. The summed E-state index contributed by atoms with van der Waals surface area (Å²) in [6.45, 7) is 8.12. The molecule has 0 aromatic carbocycles. The van der Waals surface area contributed by atoms with Crippen LogP contribution in [0.15, 0.2) is 31.0 Å². The molecule has 0 radical (unpaired) electrons. The van der Waals surface area contributed by atoms with Crippen molar-refractivity contribution in [3.05, 3.63) is 36.7 Å². The van der Waals surface area contributed by atoms with Crippen molar-refractivity contribution in [2.45, 2.75) is 19.4 Å². The fourth-order valence-corrected chi connectivity index (χ4v) is 1.70. The average Bonchev–Trinajstić information content (AvgIpc) is 2.43. The molecule has 1 aromatic heterocycles. The first kappa shape index (κ1) is 14.7. The van der Waals surface area contributed by atoms with Crippen molar-refractivity contribution < 1.29 is 4.74 Å². The molecule has 4 heteroatoms. The van der Waals surface area contributed by atoms with Gasteiger partial charge in [0, 0.05) is 26.2 Å². The second-order valence-corrected chi connectivity index (χ2v) is 4.18. The Morgan fingerprint density at radius 2 is 2.33 bits per heavy atom. The molecule has 0 aliphatic heterocycles. The molecular weight excluding hydrogens is 226 g/mol. The maximum absolute atomic E-state index is 5.95. The van der Waals surface area contributed by atoms with Crippen molar-refractivity contribution in [1.82, 2.24) is 4.98 Å². The van der Waals surface area contributed by atoms with E-state index in [2.05, 4.69) is 29.5 Å². The van der Waals surface area contributed by atoms with Crippen LogP contribution in [0.1, 0.15) is 25.1 Å². The highest BCUT2D eigenvalue weighted by Crippen LogP contribution is 2.16. The molecule has 1 rings (SSSR count). The molecule has 0 saturated carbocycles. The number of ether oxygens (including phenoxy) is 1. The summed E-state index contributed by atoms with van der Waals surface area (Å²) in [5.41, 5.74) is 7.95. The smallest absolute Gasteiger partial charge is 0.0637 e. The van der Waals surface area contributed by atoms with Gasteiger partial charge in [0.25, 0.3) is 0 Å². The van der Waals surface area contributed by atoms with Crippen molar-refractivity contribution >= 4 is 5.69 Å². The zero-order valence-corrected chi connectivity index (χ0v) is 11.3. The normalized spacial score (nSPS) is 12.2. The zero-order valence-electron chi connectivity index (χ0n) is 11.3. The first-order chi connectivity index (χ1) is 8.72.